The molecule has 3 aliphatic rings. The van der Waals surface area contributed by atoms with Crippen LogP contribution >= 0.6 is 0 Å². The molecule has 0 saturated heterocycles. The standard InChI is InChI=1S/C27H30O4/c1-27(2)13-4-3-8-23(27)21-6-5-7-22-20(21)11-12-24(22)31-18-9-10-19-17(14-26(28)29)16-30-25(19)15-18/h5-10,15,17,24H,3-4,11-14,16H2,1-2H3,(H,28,29). The molecule has 4 heteroatoms. The van der Waals surface area contributed by atoms with Crippen LogP contribution in [0.25, 0.3) is 5.57 Å². The zero-order valence-electron chi connectivity index (χ0n) is 18.3. The van der Waals surface area contributed by atoms with E-state index in [0.29, 0.717) is 6.61 Å². The van der Waals surface area contributed by atoms with E-state index in [1.807, 2.05) is 18.2 Å². The van der Waals surface area contributed by atoms with Crippen LogP contribution in [0.3, 0.4) is 0 Å². The molecule has 1 N–H and O–H groups in total. The molecule has 2 unspecified atom stereocenters. The smallest absolute Gasteiger partial charge is 0.304 e. The van der Waals surface area contributed by atoms with Crippen LogP contribution in [0, 0.1) is 5.41 Å². The third kappa shape index (κ3) is 3.73. The summed E-state index contributed by atoms with van der Waals surface area (Å²) in [7, 11) is 0. The van der Waals surface area contributed by atoms with E-state index in [2.05, 4.69) is 38.1 Å². The molecule has 2 aliphatic carbocycles. The van der Waals surface area contributed by atoms with Crippen molar-refractivity contribution in [3.05, 3.63) is 64.7 Å². The Kier molecular flexibility index (Phi) is 5.04. The van der Waals surface area contributed by atoms with E-state index in [9.17, 15) is 4.79 Å². The highest BCUT2D eigenvalue weighted by Gasteiger charge is 2.33. The third-order valence-corrected chi connectivity index (χ3v) is 7.15. The Morgan fingerprint density at radius 2 is 2.10 bits per heavy atom. The topological polar surface area (TPSA) is 55.8 Å². The highest BCUT2D eigenvalue weighted by Crippen LogP contribution is 2.47. The van der Waals surface area contributed by atoms with Gasteiger partial charge in [-0.25, -0.2) is 0 Å². The minimum Gasteiger partial charge on any atom is -0.492 e. The van der Waals surface area contributed by atoms with E-state index >= 15 is 0 Å². The van der Waals surface area contributed by atoms with Crippen molar-refractivity contribution in [2.75, 3.05) is 6.61 Å². The summed E-state index contributed by atoms with van der Waals surface area (Å²) in [5.41, 5.74) is 6.82. The molecule has 162 valence electrons. The molecule has 0 amide bonds. The Morgan fingerprint density at radius 3 is 2.90 bits per heavy atom. The van der Waals surface area contributed by atoms with Crippen molar-refractivity contribution in [2.45, 2.75) is 64.4 Å². The summed E-state index contributed by atoms with van der Waals surface area (Å²) >= 11 is 0. The van der Waals surface area contributed by atoms with Gasteiger partial charge >= 0.3 is 5.97 Å². The van der Waals surface area contributed by atoms with Crippen LogP contribution in [0.5, 0.6) is 11.5 Å². The number of allylic oxidation sites excluding steroid dienone is 2. The second-order valence-electron chi connectivity index (χ2n) is 9.72. The van der Waals surface area contributed by atoms with E-state index < -0.39 is 5.97 Å². The predicted octanol–water partition coefficient (Wildman–Crippen LogP) is 6.30. The summed E-state index contributed by atoms with van der Waals surface area (Å²) in [4.78, 5) is 11.1. The summed E-state index contributed by atoms with van der Waals surface area (Å²) in [6.45, 7) is 5.15. The number of rotatable bonds is 5. The largest absolute Gasteiger partial charge is 0.492 e. The van der Waals surface area contributed by atoms with E-state index in [4.69, 9.17) is 14.6 Å². The van der Waals surface area contributed by atoms with Crippen LogP contribution < -0.4 is 9.47 Å². The second-order valence-corrected chi connectivity index (χ2v) is 9.72. The number of aliphatic carboxylic acids is 1. The van der Waals surface area contributed by atoms with Crippen LogP contribution in [0.15, 0.2) is 42.5 Å². The fourth-order valence-electron chi connectivity index (χ4n) is 5.54. The minimum absolute atomic E-state index is 0.0384. The van der Waals surface area contributed by atoms with Crippen LogP contribution in [0.1, 0.15) is 80.2 Å². The molecule has 31 heavy (non-hydrogen) atoms. The Morgan fingerprint density at radius 1 is 1.23 bits per heavy atom. The number of carbonyl (C=O) groups is 1. The van der Waals surface area contributed by atoms with Crippen molar-refractivity contribution in [3.63, 3.8) is 0 Å². The van der Waals surface area contributed by atoms with Crippen LogP contribution in [-0.4, -0.2) is 17.7 Å². The molecule has 2 aromatic carbocycles. The maximum absolute atomic E-state index is 11.1. The molecule has 5 rings (SSSR count). The van der Waals surface area contributed by atoms with Gasteiger partial charge in [0.25, 0.3) is 0 Å². The molecule has 0 bridgehead atoms. The van der Waals surface area contributed by atoms with Gasteiger partial charge in [0.2, 0.25) is 0 Å². The van der Waals surface area contributed by atoms with Crippen molar-refractivity contribution in [3.8, 4) is 11.5 Å². The van der Waals surface area contributed by atoms with Gasteiger partial charge in [-0.1, -0.05) is 44.2 Å². The molecule has 0 saturated carbocycles. The van der Waals surface area contributed by atoms with E-state index in [1.165, 1.54) is 41.5 Å². The zero-order valence-corrected chi connectivity index (χ0v) is 18.3. The third-order valence-electron chi connectivity index (χ3n) is 7.15. The second kappa shape index (κ2) is 7.74. The van der Waals surface area contributed by atoms with Gasteiger partial charge in [0.05, 0.1) is 13.0 Å². The fourth-order valence-corrected chi connectivity index (χ4v) is 5.54. The van der Waals surface area contributed by atoms with Crippen molar-refractivity contribution in [2.24, 2.45) is 5.41 Å². The number of ether oxygens (including phenoxy) is 2. The van der Waals surface area contributed by atoms with Crippen molar-refractivity contribution in [1.82, 2.24) is 0 Å². The van der Waals surface area contributed by atoms with Crippen LogP contribution in [0.4, 0.5) is 0 Å². The molecule has 2 atom stereocenters. The predicted molar refractivity (Wildman–Crippen MR) is 121 cm³/mol. The van der Waals surface area contributed by atoms with Gasteiger partial charge in [0.1, 0.15) is 17.6 Å². The molecule has 1 heterocycles. The summed E-state index contributed by atoms with van der Waals surface area (Å²) in [5, 5.41) is 9.10. The van der Waals surface area contributed by atoms with Gasteiger partial charge in [-0.05, 0) is 65.8 Å². The van der Waals surface area contributed by atoms with Gasteiger partial charge in [0, 0.05) is 17.5 Å². The quantitative estimate of drug-likeness (QED) is 0.619. The first kappa shape index (κ1) is 20.2. The summed E-state index contributed by atoms with van der Waals surface area (Å²) in [6.07, 6.45) is 8.25. The average Bonchev–Trinajstić information content (AvgIpc) is 3.32. The summed E-state index contributed by atoms with van der Waals surface area (Å²) in [6, 6.07) is 12.5. The summed E-state index contributed by atoms with van der Waals surface area (Å²) in [5.74, 6) is 0.667. The summed E-state index contributed by atoms with van der Waals surface area (Å²) < 4.78 is 12.2. The van der Waals surface area contributed by atoms with E-state index in [1.54, 1.807) is 0 Å². The van der Waals surface area contributed by atoms with E-state index in [-0.39, 0.29) is 23.9 Å². The molecule has 0 spiro atoms. The highest BCUT2D eigenvalue weighted by atomic mass is 16.5. The maximum Gasteiger partial charge on any atom is 0.304 e. The van der Waals surface area contributed by atoms with Gasteiger partial charge in [-0.15, -0.1) is 0 Å². The Bertz CT molecular complexity index is 1050. The van der Waals surface area contributed by atoms with Gasteiger partial charge in [-0.3, -0.25) is 4.79 Å². The number of hydrogen-bond donors (Lipinski definition) is 1. The van der Waals surface area contributed by atoms with Gasteiger partial charge in [-0.2, -0.15) is 0 Å². The molecule has 0 aromatic heterocycles. The van der Waals surface area contributed by atoms with Crippen molar-refractivity contribution < 1.29 is 19.4 Å². The first-order chi connectivity index (χ1) is 14.9. The van der Waals surface area contributed by atoms with Crippen molar-refractivity contribution in [1.29, 1.82) is 0 Å². The average molecular weight is 419 g/mol. The van der Waals surface area contributed by atoms with Crippen molar-refractivity contribution >= 4 is 11.5 Å². The minimum atomic E-state index is -0.795. The first-order valence-electron chi connectivity index (χ1n) is 11.4. The lowest BCUT2D eigenvalue weighted by molar-refractivity contribution is -0.137. The number of benzene rings is 2. The SMILES string of the molecule is CC1(C)CCCC=C1c1cccc2c1CCC2Oc1ccc2c(c1)OCC2CC(=O)O. The monoisotopic (exact) mass is 418 g/mol. The van der Waals surface area contributed by atoms with Crippen LogP contribution in [0.2, 0.25) is 0 Å². The lowest BCUT2D eigenvalue weighted by Crippen LogP contribution is -2.18. The Balaban J connectivity index is 1.39. The Hall–Kier alpha value is -2.75. The Labute approximate surface area is 183 Å². The number of hydrogen-bond acceptors (Lipinski definition) is 3. The molecule has 4 nitrogen and oxygen atoms in total. The number of carboxylic acids is 1. The number of carboxylic acid groups (broad SMARTS) is 1. The molecular formula is C27H30O4. The fraction of sp³-hybridized carbons (Fsp3) is 0.444. The molecule has 2 aromatic rings. The van der Waals surface area contributed by atoms with E-state index in [0.717, 1.165) is 29.9 Å². The van der Waals surface area contributed by atoms with Crippen LogP contribution in [-0.2, 0) is 11.2 Å². The zero-order chi connectivity index (χ0) is 21.6. The molecule has 1 aliphatic heterocycles. The maximum atomic E-state index is 11.1. The molecule has 0 radical (unpaired) electrons. The molecule has 0 fully saturated rings. The lowest BCUT2D eigenvalue weighted by Gasteiger charge is -2.33. The normalized spacial score (nSPS) is 23.5. The van der Waals surface area contributed by atoms with Gasteiger partial charge in [0.15, 0.2) is 0 Å². The number of fused-ring (bicyclic) bond motifs is 2. The molecular weight excluding hydrogens is 388 g/mol. The highest BCUT2D eigenvalue weighted by molar-refractivity contribution is 5.74. The first-order valence-corrected chi connectivity index (χ1v) is 11.4. The lowest BCUT2D eigenvalue weighted by atomic mass is 9.72. The van der Waals surface area contributed by atoms with Gasteiger partial charge < -0.3 is 14.6 Å².